The van der Waals surface area contributed by atoms with Gasteiger partial charge >= 0.3 is 0 Å². The van der Waals surface area contributed by atoms with Crippen molar-refractivity contribution in [3.05, 3.63) is 27.2 Å². The van der Waals surface area contributed by atoms with Crippen molar-refractivity contribution < 1.29 is 4.79 Å². The van der Waals surface area contributed by atoms with Gasteiger partial charge in [0.05, 0.1) is 10.7 Å². The number of thiazole rings is 2. The van der Waals surface area contributed by atoms with E-state index in [1.54, 1.807) is 5.38 Å². The van der Waals surface area contributed by atoms with Gasteiger partial charge < -0.3 is 5.73 Å². The molecule has 110 valence electrons. The third-order valence-electron chi connectivity index (χ3n) is 2.48. The van der Waals surface area contributed by atoms with Gasteiger partial charge in [-0.2, -0.15) is 0 Å². The fraction of sp³-hybridized carbons (Fsp3) is 0.417. The van der Waals surface area contributed by atoms with Crippen molar-refractivity contribution in [2.24, 2.45) is 5.73 Å². The minimum absolute atomic E-state index is 0. The summed E-state index contributed by atoms with van der Waals surface area (Å²) in [6, 6.07) is 0. The summed E-state index contributed by atoms with van der Waals surface area (Å²) < 4.78 is 0. The Morgan fingerprint density at radius 2 is 2.10 bits per heavy atom. The van der Waals surface area contributed by atoms with Crippen LogP contribution in [0.1, 0.15) is 41.0 Å². The number of nitrogens with zero attached hydrogens (tertiary/aromatic N) is 2. The van der Waals surface area contributed by atoms with Crippen LogP contribution in [0, 0.1) is 0 Å². The molecule has 0 aliphatic carbocycles. The van der Waals surface area contributed by atoms with Gasteiger partial charge in [0.15, 0.2) is 5.13 Å². The molecule has 2 heterocycles. The topological polar surface area (TPSA) is 80.9 Å². The van der Waals surface area contributed by atoms with Crippen LogP contribution in [-0.2, 0) is 6.42 Å². The van der Waals surface area contributed by atoms with E-state index in [1.165, 1.54) is 22.7 Å². The van der Waals surface area contributed by atoms with Gasteiger partial charge in [0.25, 0.3) is 5.91 Å². The Balaban J connectivity index is 0.00000200. The normalized spacial score (nSPS) is 10.4. The zero-order valence-corrected chi connectivity index (χ0v) is 13.7. The fourth-order valence-corrected chi connectivity index (χ4v) is 3.08. The fourth-order valence-electron chi connectivity index (χ4n) is 1.42. The van der Waals surface area contributed by atoms with Gasteiger partial charge in [-0.1, -0.05) is 13.8 Å². The highest BCUT2D eigenvalue weighted by atomic mass is 35.5. The standard InChI is InChI=1S/C12H16N4OS2.ClH/c1-7(2)8-5-19-12(15-8)16-11(17)9-6-18-10(14-9)3-4-13;/h5-7H,3-4,13H2,1-2H3,(H,15,16,17);1H. The lowest BCUT2D eigenvalue weighted by Gasteiger charge is -1.99. The summed E-state index contributed by atoms with van der Waals surface area (Å²) in [5.41, 5.74) is 6.87. The monoisotopic (exact) mass is 332 g/mol. The Morgan fingerprint density at radius 3 is 2.70 bits per heavy atom. The van der Waals surface area contributed by atoms with Crippen LogP contribution >= 0.6 is 35.1 Å². The Hall–Kier alpha value is -1.02. The van der Waals surface area contributed by atoms with Gasteiger partial charge in [0.1, 0.15) is 5.69 Å². The first-order chi connectivity index (χ1) is 9.10. The van der Waals surface area contributed by atoms with Crippen molar-refractivity contribution in [2.75, 3.05) is 11.9 Å². The average Bonchev–Trinajstić information content (AvgIpc) is 2.98. The largest absolute Gasteiger partial charge is 0.330 e. The highest BCUT2D eigenvalue weighted by Gasteiger charge is 2.13. The molecule has 0 saturated heterocycles. The van der Waals surface area contributed by atoms with E-state index in [-0.39, 0.29) is 18.3 Å². The molecule has 2 aromatic heterocycles. The summed E-state index contributed by atoms with van der Waals surface area (Å²) >= 11 is 2.88. The summed E-state index contributed by atoms with van der Waals surface area (Å²) in [5, 5.41) is 7.97. The zero-order valence-electron chi connectivity index (χ0n) is 11.3. The first-order valence-corrected chi connectivity index (χ1v) is 7.77. The SMILES string of the molecule is CC(C)c1csc(NC(=O)c2csc(CCN)n2)n1.Cl. The molecule has 1 amide bonds. The number of rotatable bonds is 5. The summed E-state index contributed by atoms with van der Waals surface area (Å²) in [5.74, 6) is 0.140. The van der Waals surface area contributed by atoms with Gasteiger partial charge in [0.2, 0.25) is 0 Å². The predicted octanol–water partition coefficient (Wildman–Crippen LogP) is 2.90. The van der Waals surface area contributed by atoms with Crippen LogP contribution in [0.15, 0.2) is 10.8 Å². The van der Waals surface area contributed by atoms with Gasteiger partial charge in [-0.05, 0) is 12.5 Å². The second-order valence-electron chi connectivity index (χ2n) is 4.35. The Labute approximate surface area is 132 Å². The molecule has 0 aromatic carbocycles. The highest BCUT2D eigenvalue weighted by molar-refractivity contribution is 7.14. The van der Waals surface area contributed by atoms with Crippen LogP contribution in [0.2, 0.25) is 0 Å². The number of hydrogen-bond donors (Lipinski definition) is 2. The molecule has 20 heavy (non-hydrogen) atoms. The second-order valence-corrected chi connectivity index (χ2v) is 6.15. The van der Waals surface area contributed by atoms with Crippen LogP contribution in [0.25, 0.3) is 0 Å². The van der Waals surface area contributed by atoms with E-state index in [4.69, 9.17) is 5.73 Å². The van der Waals surface area contributed by atoms with Gasteiger partial charge in [0, 0.05) is 17.2 Å². The van der Waals surface area contributed by atoms with Crippen LogP contribution in [0.5, 0.6) is 0 Å². The quantitative estimate of drug-likeness (QED) is 0.882. The zero-order chi connectivity index (χ0) is 13.8. The van der Waals surface area contributed by atoms with Crippen molar-refractivity contribution in [1.82, 2.24) is 9.97 Å². The number of nitrogens with two attached hydrogens (primary N) is 1. The van der Waals surface area contributed by atoms with E-state index in [2.05, 4.69) is 29.1 Å². The number of halogens is 1. The Bertz CT molecular complexity index is 567. The van der Waals surface area contributed by atoms with Crippen molar-refractivity contribution in [1.29, 1.82) is 0 Å². The third kappa shape index (κ3) is 4.24. The molecular weight excluding hydrogens is 316 g/mol. The minimum atomic E-state index is -0.218. The molecule has 0 bridgehead atoms. The first-order valence-electron chi connectivity index (χ1n) is 6.01. The number of aromatic nitrogens is 2. The predicted molar refractivity (Wildman–Crippen MR) is 86.3 cm³/mol. The molecule has 5 nitrogen and oxygen atoms in total. The molecule has 0 atom stereocenters. The van der Waals surface area contributed by atoms with E-state index in [0.29, 0.717) is 29.7 Å². The molecule has 0 aliphatic rings. The van der Waals surface area contributed by atoms with Crippen LogP contribution in [-0.4, -0.2) is 22.4 Å². The molecule has 2 aromatic rings. The Kier molecular flexibility index (Phi) is 6.54. The van der Waals surface area contributed by atoms with E-state index >= 15 is 0 Å². The maximum absolute atomic E-state index is 12.0. The van der Waals surface area contributed by atoms with Crippen molar-refractivity contribution in [3.63, 3.8) is 0 Å². The molecule has 0 fully saturated rings. The molecular formula is C12H17ClN4OS2. The van der Waals surface area contributed by atoms with Crippen LogP contribution < -0.4 is 11.1 Å². The number of carbonyl (C=O) groups excluding carboxylic acids is 1. The van der Waals surface area contributed by atoms with E-state index in [0.717, 1.165) is 10.7 Å². The number of carbonyl (C=O) groups is 1. The lowest BCUT2D eigenvalue weighted by molar-refractivity contribution is 0.102. The van der Waals surface area contributed by atoms with E-state index in [1.807, 2.05) is 5.38 Å². The maximum Gasteiger partial charge on any atom is 0.276 e. The van der Waals surface area contributed by atoms with Gasteiger partial charge in [-0.15, -0.1) is 35.1 Å². The first kappa shape index (κ1) is 17.0. The molecule has 0 aliphatic heterocycles. The number of anilines is 1. The third-order valence-corrected chi connectivity index (χ3v) is 4.16. The van der Waals surface area contributed by atoms with Gasteiger partial charge in [-0.3, -0.25) is 10.1 Å². The van der Waals surface area contributed by atoms with Crippen LogP contribution in [0.4, 0.5) is 5.13 Å². The summed E-state index contributed by atoms with van der Waals surface area (Å²) in [4.78, 5) is 20.6. The number of nitrogens with one attached hydrogen (secondary N) is 1. The smallest absolute Gasteiger partial charge is 0.276 e. The molecule has 2 rings (SSSR count). The molecule has 8 heteroatoms. The molecule has 0 spiro atoms. The lowest BCUT2D eigenvalue weighted by Crippen LogP contribution is -2.12. The highest BCUT2D eigenvalue weighted by Crippen LogP contribution is 2.22. The minimum Gasteiger partial charge on any atom is -0.330 e. The average molecular weight is 333 g/mol. The summed E-state index contributed by atoms with van der Waals surface area (Å²) in [6.07, 6.45) is 0.701. The van der Waals surface area contributed by atoms with Crippen LogP contribution in [0.3, 0.4) is 0 Å². The maximum atomic E-state index is 12.0. The molecule has 3 N–H and O–H groups in total. The number of hydrogen-bond acceptors (Lipinski definition) is 6. The molecule has 0 unspecified atom stereocenters. The van der Waals surface area contributed by atoms with Crippen molar-refractivity contribution >= 4 is 46.1 Å². The van der Waals surface area contributed by atoms with E-state index in [9.17, 15) is 4.79 Å². The molecule has 0 saturated carbocycles. The van der Waals surface area contributed by atoms with Crippen molar-refractivity contribution in [2.45, 2.75) is 26.2 Å². The number of amides is 1. The Morgan fingerprint density at radius 1 is 1.35 bits per heavy atom. The van der Waals surface area contributed by atoms with E-state index < -0.39 is 0 Å². The lowest BCUT2D eigenvalue weighted by atomic mass is 10.2. The summed E-state index contributed by atoms with van der Waals surface area (Å²) in [6.45, 7) is 4.68. The van der Waals surface area contributed by atoms with Crippen molar-refractivity contribution in [3.8, 4) is 0 Å². The molecule has 0 radical (unpaired) electrons. The second kappa shape index (κ2) is 7.68. The van der Waals surface area contributed by atoms with Gasteiger partial charge in [-0.25, -0.2) is 9.97 Å². The summed E-state index contributed by atoms with van der Waals surface area (Å²) in [7, 11) is 0.